The highest BCUT2D eigenvalue weighted by molar-refractivity contribution is 5.35. The molecule has 3 heteroatoms. The fourth-order valence-corrected chi connectivity index (χ4v) is 2.53. The highest BCUT2D eigenvalue weighted by atomic mass is 16.5. The van der Waals surface area contributed by atoms with Gasteiger partial charge < -0.3 is 14.8 Å². The van der Waals surface area contributed by atoms with Crippen LogP contribution in [0.1, 0.15) is 37.8 Å². The molecule has 100 valence electrons. The van der Waals surface area contributed by atoms with Crippen LogP contribution in [0, 0.1) is 0 Å². The van der Waals surface area contributed by atoms with Crippen molar-refractivity contribution in [2.45, 2.75) is 38.3 Å². The van der Waals surface area contributed by atoms with Crippen molar-refractivity contribution in [1.82, 2.24) is 5.32 Å². The monoisotopic (exact) mass is 249 g/mol. The third-order valence-corrected chi connectivity index (χ3v) is 3.58. The predicted octanol–water partition coefficient (Wildman–Crippen LogP) is 2.91. The molecule has 0 saturated carbocycles. The Labute approximate surface area is 109 Å². The van der Waals surface area contributed by atoms with E-state index >= 15 is 0 Å². The zero-order valence-electron chi connectivity index (χ0n) is 11.3. The van der Waals surface area contributed by atoms with Gasteiger partial charge in [0.05, 0.1) is 7.11 Å². The van der Waals surface area contributed by atoms with E-state index in [2.05, 4.69) is 24.4 Å². The molecule has 18 heavy (non-hydrogen) atoms. The van der Waals surface area contributed by atoms with E-state index in [0.717, 1.165) is 38.2 Å². The Hall–Kier alpha value is -1.06. The summed E-state index contributed by atoms with van der Waals surface area (Å²) in [6, 6.07) is 9.21. The molecule has 1 N–H and O–H groups in total. The van der Waals surface area contributed by atoms with Gasteiger partial charge in [-0.25, -0.2) is 0 Å². The van der Waals surface area contributed by atoms with E-state index in [1.54, 1.807) is 7.11 Å². The van der Waals surface area contributed by atoms with Crippen LogP contribution < -0.4 is 10.1 Å². The van der Waals surface area contributed by atoms with Crippen molar-refractivity contribution >= 4 is 0 Å². The van der Waals surface area contributed by atoms with Crippen LogP contribution in [0.2, 0.25) is 0 Å². The second kappa shape index (κ2) is 6.76. The number of nitrogens with one attached hydrogen (secondary N) is 1. The molecule has 0 aromatic heterocycles. The molecule has 1 unspecified atom stereocenters. The smallest absolute Gasteiger partial charge is 0.123 e. The van der Waals surface area contributed by atoms with E-state index in [1.807, 2.05) is 12.1 Å². The molecule has 1 aliphatic rings. The molecule has 1 saturated heterocycles. The molecule has 0 bridgehead atoms. The molecular weight excluding hydrogens is 226 g/mol. The second-order valence-corrected chi connectivity index (χ2v) is 4.76. The summed E-state index contributed by atoms with van der Waals surface area (Å²) >= 11 is 0. The van der Waals surface area contributed by atoms with Crippen molar-refractivity contribution in [2.24, 2.45) is 0 Å². The Kier molecular flexibility index (Phi) is 5.02. The second-order valence-electron chi connectivity index (χ2n) is 4.76. The fourth-order valence-electron chi connectivity index (χ4n) is 2.53. The zero-order valence-corrected chi connectivity index (χ0v) is 11.3. The first-order valence-corrected chi connectivity index (χ1v) is 6.81. The Bertz CT molecular complexity index is 361. The van der Waals surface area contributed by atoms with E-state index in [9.17, 15) is 0 Å². The molecule has 0 aliphatic carbocycles. The summed E-state index contributed by atoms with van der Waals surface area (Å²) in [7, 11) is 1.74. The van der Waals surface area contributed by atoms with Gasteiger partial charge in [-0.2, -0.15) is 0 Å². The average molecular weight is 249 g/mol. The zero-order chi connectivity index (χ0) is 12.8. The minimum absolute atomic E-state index is 0.365. The molecule has 1 fully saturated rings. The van der Waals surface area contributed by atoms with Crippen molar-refractivity contribution in [2.75, 3.05) is 20.3 Å². The third kappa shape index (κ3) is 3.24. The number of methoxy groups -OCH3 is 1. The lowest BCUT2D eigenvalue weighted by Gasteiger charge is -2.29. The number of hydrogen-bond acceptors (Lipinski definition) is 3. The van der Waals surface area contributed by atoms with Crippen LogP contribution in [0.3, 0.4) is 0 Å². The molecule has 0 amide bonds. The number of benzene rings is 1. The molecule has 1 aromatic carbocycles. The predicted molar refractivity (Wildman–Crippen MR) is 73.0 cm³/mol. The number of rotatable bonds is 5. The van der Waals surface area contributed by atoms with Crippen LogP contribution >= 0.6 is 0 Å². The van der Waals surface area contributed by atoms with Gasteiger partial charge >= 0.3 is 0 Å². The molecule has 2 rings (SSSR count). The molecule has 1 aliphatic heterocycles. The van der Waals surface area contributed by atoms with Gasteiger partial charge in [0.2, 0.25) is 0 Å². The van der Waals surface area contributed by atoms with E-state index in [4.69, 9.17) is 9.47 Å². The SMILES string of the molecule is CCC(NC1CCOCC1)c1ccccc1OC. The van der Waals surface area contributed by atoms with Crippen molar-refractivity contribution in [3.8, 4) is 5.75 Å². The Morgan fingerprint density at radius 1 is 1.33 bits per heavy atom. The first-order chi connectivity index (χ1) is 8.85. The Morgan fingerprint density at radius 3 is 2.72 bits per heavy atom. The lowest BCUT2D eigenvalue weighted by molar-refractivity contribution is 0.0745. The number of hydrogen-bond donors (Lipinski definition) is 1. The normalized spacial score (nSPS) is 18.6. The standard InChI is InChI=1S/C15H23NO2/c1-3-14(16-12-8-10-18-11-9-12)13-6-4-5-7-15(13)17-2/h4-7,12,14,16H,3,8-11H2,1-2H3. The summed E-state index contributed by atoms with van der Waals surface area (Å²) in [5.41, 5.74) is 1.26. The lowest BCUT2D eigenvalue weighted by Crippen LogP contribution is -2.37. The van der Waals surface area contributed by atoms with Crippen LogP contribution in [-0.4, -0.2) is 26.4 Å². The van der Waals surface area contributed by atoms with Gasteiger partial charge in [0, 0.05) is 30.9 Å². The molecule has 0 spiro atoms. The maximum atomic E-state index is 5.45. The molecule has 1 aromatic rings. The highest BCUT2D eigenvalue weighted by Gasteiger charge is 2.20. The average Bonchev–Trinajstić information content (AvgIpc) is 2.46. The third-order valence-electron chi connectivity index (χ3n) is 3.58. The molecule has 3 nitrogen and oxygen atoms in total. The van der Waals surface area contributed by atoms with Gasteiger partial charge in [-0.3, -0.25) is 0 Å². The van der Waals surface area contributed by atoms with E-state index in [-0.39, 0.29) is 0 Å². The van der Waals surface area contributed by atoms with Gasteiger partial charge in [0.15, 0.2) is 0 Å². The molecule has 0 radical (unpaired) electrons. The number of ether oxygens (including phenoxy) is 2. The van der Waals surface area contributed by atoms with Crippen molar-refractivity contribution in [3.05, 3.63) is 29.8 Å². The minimum Gasteiger partial charge on any atom is -0.496 e. The summed E-state index contributed by atoms with van der Waals surface area (Å²) in [5.74, 6) is 0.976. The van der Waals surface area contributed by atoms with E-state index < -0.39 is 0 Å². The molecule has 1 atom stereocenters. The number of para-hydroxylation sites is 1. The fraction of sp³-hybridized carbons (Fsp3) is 0.600. The summed E-state index contributed by atoms with van der Waals surface area (Å²) in [4.78, 5) is 0. The first-order valence-electron chi connectivity index (χ1n) is 6.81. The lowest BCUT2D eigenvalue weighted by atomic mass is 10.00. The topological polar surface area (TPSA) is 30.5 Å². The summed E-state index contributed by atoms with van der Waals surface area (Å²) in [6.45, 7) is 3.96. The van der Waals surface area contributed by atoms with E-state index in [1.165, 1.54) is 5.56 Å². The quantitative estimate of drug-likeness (QED) is 0.870. The largest absolute Gasteiger partial charge is 0.496 e. The van der Waals surface area contributed by atoms with Crippen molar-refractivity contribution < 1.29 is 9.47 Å². The summed E-state index contributed by atoms with van der Waals surface area (Å²) in [6.07, 6.45) is 3.27. The minimum atomic E-state index is 0.365. The molecule has 1 heterocycles. The molecular formula is C15H23NO2. The van der Waals surface area contributed by atoms with Gasteiger partial charge in [-0.1, -0.05) is 25.1 Å². The van der Waals surface area contributed by atoms with Crippen LogP contribution in [0.4, 0.5) is 0 Å². The Morgan fingerprint density at radius 2 is 2.06 bits per heavy atom. The van der Waals surface area contributed by atoms with Crippen molar-refractivity contribution in [3.63, 3.8) is 0 Å². The van der Waals surface area contributed by atoms with Gasteiger partial charge in [-0.05, 0) is 25.3 Å². The van der Waals surface area contributed by atoms with Gasteiger partial charge in [0.25, 0.3) is 0 Å². The highest BCUT2D eigenvalue weighted by Crippen LogP contribution is 2.28. The first kappa shape index (κ1) is 13.4. The van der Waals surface area contributed by atoms with Crippen LogP contribution in [0.15, 0.2) is 24.3 Å². The van der Waals surface area contributed by atoms with Crippen LogP contribution in [-0.2, 0) is 4.74 Å². The van der Waals surface area contributed by atoms with Crippen LogP contribution in [0.25, 0.3) is 0 Å². The van der Waals surface area contributed by atoms with Crippen LogP contribution in [0.5, 0.6) is 5.75 Å². The summed E-state index contributed by atoms with van der Waals surface area (Å²) < 4.78 is 10.9. The van der Waals surface area contributed by atoms with Gasteiger partial charge in [-0.15, -0.1) is 0 Å². The Balaban J connectivity index is 2.07. The van der Waals surface area contributed by atoms with E-state index in [0.29, 0.717) is 12.1 Å². The van der Waals surface area contributed by atoms with Gasteiger partial charge in [0.1, 0.15) is 5.75 Å². The van der Waals surface area contributed by atoms with Crippen molar-refractivity contribution in [1.29, 1.82) is 0 Å². The maximum Gasteiger partial charge on any atom is 0.123 e. The summed E-state index contributed by atoms with van der Waals surface area (Å²) in [5, 5.41) is 3.74. The maximum absolute atomic E-state index is 5.45.